The largest absolute Gasteiger partial charge is 0.462 e. The number of thioether (sulfide) groups is 1. The fourth-order valence-corrected chi connectivity index (χ4v) is 3.83. The van der Waals surface area contributed by atoms with Gasteiger partial charge in [-0.05, 0) is 56.4 Å². The number of esters is 1. The van der Waals surface area contributed by atoms with Crippen LogP contribution in [0, 0.1) is 6.92 Å². The lowest BCUT2D eigenvalue weighted by molar-refractivity contribution is 0.0525. The average Bonchev–Trinajstić information content (AvgIpc) is 3.00. The molecule has 0 aliphatic carbocycles. The van der Waals surface area contributed by atoms with E-state index < -0.39 is 0 Å². The minimum Gasteiger partial charge on any atom is -0.462 e. The Balaban J connectivity index is 1.67. The molecule has 1 aromatic heterocycles. The highest BCUT2D eigenvalue weighted by Gasteiger charge is 2.22. The van der Waals surface area contributed by atoms with Crippen molar-refractivity contribution in [2.75, 3.05) is 43.9 Å². The second-order valence-corrected chi connectivity index (χ2v) is 7.82. The molecule has 3 rings (SSSR count). The van der Waals surface area contributed by atoms with E-state index >= 15 is 0 Å². The molecule has 1 aliphatic heterocycles. The highest BCUT2D eigenvalue weighted by molar-refractivity contribution is 7.98. The predicted molar refractivity (Wildman–Crippen MR) is 116 cm³/mol. The molecule has 1 aromatic carbocycles. The summed E-state index contributed by atoms with van der Waals surface area (Å²) >= 11 is 1.64. The summed E-state index contributed by atoms with van der Waals surface area (Å²) in [5.41, 5.74) is 2.23. The van der Waals surface area contributed by atoms with Crippen molar-refractivity contribution >= 4 is 29.5 Å². The molecule has 2 heterocycles. The Bertz CT molecular complexity index is 870. The van der Waals surface area contributed by atoms with Crippen molar-refractivity contribution in [3.8, 4) is 0 Å². The Morgan fingerprint density at radius 3 is 2.66 bits per heavy atom. The molecule has 0 radical (unpaired) electrons. The zero-order valence-corrected chi connectivity index (χ0v) is 18.0. The fourth-order valence-electron chi connectivity index (χ4n) is 3.39. The first-order valence-corrected chi connectivity index (χ1v) is 11.1. The Labute approximate surface area is 176 Å². The van der Waals surface area contributed by atoms with Crippen LogP contribution in [-0.2, 0) is 4.74 Å². The molecule has 1 amide bonds. The Kier molecular flexibility index (Phi) is 7.14. The van der Waals surface area contributed by atoms with E-state index in [0.717, 1.165) is 41.4 Å². The lowest BCUT2D eigenvalue weighted by atomic mass is 10.1. The van der Waals surface area contributed by atoms with E-state index in [-0.39, 0.29) is 11.9 Å². The van der Waals surface area contributed by atoms with Crippen LogP contribution in [0.1, 0.15) is 39.6 Å². The Hall–Kier alpha value is -2.54. The smallest absolute Gasteiger partial charge is 0.339 e. The summed E-state index contributed by atoms with van der Waals surface area (Å²) in [6.07, 6.45) is 4.44. The highest BCUT2D eigenvalue weighted by Crippen LogP contribution is 2.22. The van der Waals surface area contributed by atoms with Crippen LogP contribution >= 0.6 is 11.8 Å². The molecule has 1 saturated heterocycles. The van der Waals surface area contributed by atoms with Crippen LogP contribution in [0.5, 0.6) is 0 Å². The molecule has 0 unspecified atom stereocenters. The molecule has 0 atom stereocenters. The third-order valence-electron chi connectivity index (χ3n) is 5.04. The number of nitrogens with zero attached hydrogens (tertiary/aromatic N) is 3. The standard InChI is InChI=1S/C22H27N3O3S/c1-4-28-22(27)17-7-9-20(23-15-17)24-10-5-11-25(13-12-24)21(26)19-14-18(29-3)8-6-16(19)2/h6-9,14-15H,4-5,10-13H2,1-3H3. The zero-order chi connectivity index (χ0) is 20.8. The number of benzene rings is 1. The lowest BCUT2D eigenvalue weighted by Crippen LogP contribution is -2.35. The van der Waals surface area contributed by atoms with Gasteiger partial charge < -0.3 is 14.5 Å². The number of hydrogen-bond donors (Lipinski definition) is 0. The molecule has 1 aliphatic rings. The maximum absolute atomic E-state index is 13.1. The molecule has 0 spiro atoms. The summed E-state index contributed by atoms with van der Waals surface area (Å²) in [4.78, 5) is 34.5. The Morgan fingerprint density at radius 2 is 1.97 bits per heavy atom. The first-order valence-electron chi connectivity index (χ1n) is 9.85. The third kappa shape index (κ3) is 5.09. The summed E-state index contributed by atoms with van der Waals surface area (Å²) in [5.74, 6) is 0.542. The number of hydrogen-bond acceptors (Lipinski definition) is 6. The van der Waals surface area contributed by atoms with E-state index in [2.05, 4.69) is 9.88 Å². The second-order valence-electron chi connectivity index (χ2n) is 6.94. The molecule has 29 heavy (non-hydrogen) atoms. The number of carbonyl (C=O) groups is 2. The van der Waals surface area contributed by atoms with Gasteiger partial charge in [-0.25, -0.2) is 9.78 Å². The van der Waals surface area contributed by atoms with E-state index in [1.807, 2.05) is 42.3 Å². The minimum absolute atomic E-state index is 0.0888. The molecule has 6 nitrogen and oxygen atoms in total. The molecule has 154 valence electrons. The Morgan fingerprint density at radius 1 is 1.14 bits per heavy atom. The van der Waals surface area contributed by atoms with E-state index in [4.69, 9.17) is 4.74 Å². The van der Waals surface area contributed by atoms with Crippen LogP contribution in [0.2, 0.25) is 0 Å². The van der Waals surface area contributed by atoms with Crippen LogP contribution in [-0.4, -0.2) is 60.8 Å². The number of rotatable bonds is 5. The van der Waals surface area contributed by atoms with Crippen LogP contribution in [0.25, 0.3) is 0 Å². The van der Waals surface area contributed by atoms with Crippen molar-refractivity contribution in [2.45, 2.75) is 25.2 Å². The number of amides is 1. The van der Waals surface area contributed by atoms with Gasteiger partial charge in [0.1, 0.15) is 5.82 Å². The molecule has 1 fully saturated rings. The van der Waals surface area contributed by atoms with Gasteiger partial charge in [0.05, 0.1) is 12.2 Å². The lowest BCUT2D eigenvalue weighted by Gasteiger charge is -2.23. The van der Waals surface area contributed by atoms with E-state index in [1.54, 1.807) is 30.9 Å². The van der Waals surface area contributed by atoms with E-state index in [1.165, 1.54) is 0 Å². The predicted octanol–water partition coefficient (Wildman–Crippen LogP) is 3.64. The average molecular weight is 414 g/mol. The van der Waals surface area contributed by atoms with Crippen molar-refractivity contribution in [1.29, 1.82) is 0 Å². The quantitative estimate of drug-likeness (QED) is 0.551. The van der Waals surface area contributed by atoms with Crippen molar-refractivity contribution in [2.24, 2.45) is 0 Å². The number of carbonyl (C=O) groups excluding carboxylic acids is 2. The summed E-state index contributed by atoms with van der Waals surface area (Å²) in [7, 11) is 0. The summed E-state index contributed by atoms with van der Waals surface area (Å²) in [6.45, 7) is 7.00. The number of aryl methyl sites for hydroxylation is 1. The normalized spacial score (nSPS) is 14.4. The van der Waals surface area contributed by atoms with Gasteiger partial charge in [0.25, 0.3) is 5.91 Å². The first-order chi connectivity index (χ1) is 14.0. The van der Waals surface area contributed by atoms with Gasteiger partial charge in [-0.1, -0.05) is 6.07 Å². The summed E-state index contributed by atoms with van der Waals surface area (Å²) < 4.78 is 5.00. The van der Waals surface area contributed by atoms with Crippen LogP contribution < -0.4 is 4.90 Å². The SMILES string of the molecule is CCOC(=O)c1ccc(N2CCCN(C(=O)c3cc(SC)ccc3C)CC2)nc1. The molecule has 0 bridgehead atoms. The van der Waals surface area contributed by atoms with Gasteiger partial charge >= 0.3 is 5.97 Å². The van der Waals surface area contributed by atoms with E-state index in [0.29, 0.717) is 25.3 Å². The van der Waals surface area contributed by atoms with Gasteiger partial charge in [0, 0.05) is 42.8 Å². The molecule has 0 saturated carbocycles. The summed E-state index contributed by atoms with van der Waals surface area (Å²) in [5, 5.41) is 0. The highest BCUT2D eigenvalue weighted by atomic mass is 32.2. The molecule has 2 aromatic rings. The maximum Gasteiger partial charge on any atom is 0.339 e. The third-order valence-corrected chi connectivity index (χ3v) is 5.77. The summed E-state index contributed by atoms with van der Waals surface area (Å²) in [6, 6.07) is 9.63. The zero-order valence-electron chi connectivity index (χ0n) is 17.2. The molecule has 7 heteroatoms. The van der Waals surface area contributed by atoms with Crippen molar-refractivity contribution in [1.82, 2.24) is 9.88 Å². The monoisotopic (exact) mass is 413 g/mol. The van der Waals surface area contributed by atoms with Crippen LogP contribution in [0.15, 0.2) is 41.4 Å². The van der Waals surface area contributed by atoms with Gasteiger partial charge in [0.2, 0.25) is 0 Å². The van der Waals surface area contributed by atoms with E-state index in [9.17, 15) is 9.59 Å². The van der Waals surface area contributed by atoms with Crippen LogP contribution in [0.3, 0.4) is 0 Å². The number of ether oxygens (including phenoxy) is 1. The molecular weight excluding hydrogens is 386 g/mol. The number of anilines is 1. The molecular formula is C22H27N3O3S. The topological polar surface area (TPSA) is 62.7 Å². The van der Waals surface area contributed by atoms with Crippen LogP contribution in [0.4, 0.5) is 5.82 Å². The second kappa shape index (κ2) is 9.78. The maximum atomic E-state index is 13.1. The first kappa shape index (κ1) is 21.2. The molecule has 0 N–H and O–H groups in total. The van der Waals surface area contributed by atoms with Gasteiger partial charge in [-0.3, -0.25) is 4.79 Å². The van der Waals surface area contributed by atoms with Crippen molar-refractivity contribution in [3.63, 3.8) is 0 Å². The number of aromatic nitrogens is 1. The van der Waals surface area contributed by atoms with Gasteiger partial charge in [-0.2, -0.15) is 0 Å². The minimum atomic E-state index is -0.359. The van der Waals surface area contributed by atoms with Gasteiger partial charge in [0.15, 0.2) is 0 Å². The fraction of sp³-hybridized carbons (Fsp3) is 0.409. The van der Waals surface area contributed by atoms with Crippen molar-refractivity contribution < 1.29 is 14.3 Å². The van der Waals surface area contributed by atoms with Gasteiger partial charge in [-0.15, -0.1) is 11.8 Å². The number of pyridine rings is 1. The van der Waals surface area contributed by atoms with Crippen molar-refractivity contribution in [3.05, 3.63) is 53.2 Å².